The van der Waals surface area contributed by atoms with Crippen molar-refractivity contribution in [1.29, 1.82) is 0 Å². The van der Waals surface area contributed by atoms with E-state index in [4.69, 9.17) is 14.5 Å². The largest absolute Gasteiger partial charge is 0.497 e. The molecule has 4 heteroatoms. The highest BCUT2D eigenvalue weighted by Gasteiger charge is 2.47. The van der Waals surface area contributed by atoms with Gasteiger partial charge in [0.1, 0.15) is 11.5 Å². The van der Waals surface area contributed by atoms with Crippen molar-refractivity contribution in [3.05, 3.63) is 120 Å². The first-order valence-electron chi connectivity index (χ1n) is 10.9. The van der Waals surface area contributed by atoms with E-state index in [1.165, 1.54) is 11.1 Å². The maximum atomic E-state index is 5.46. The van der Waals surface area contributed by atoms with Crippen molar-refractivity contribution in [2.45, 2.75) is 5.41 Å². The number of fused-ring (bicyclic) bond motifs is 5. The summed E-state index contributed by atoms with van der Waals surface area (Å²) in [5, 5.41) is 1.14. The predicted molar refractivity (Wildman–Crippen MR) is 130 cm³/mol. The van der Waals surface area contributed by atoms with Gasteiger partial charge in [-0.2, -0.15) is 0 Å². The summed E-state index contributed by atoms with van der Waals surface area (Å²) < 4.78 is 10.9. The fraction of sp³-hybridized carbons (Fsp3) is 0.103. The molecule has 2 heterocycles. The standard InChI is InChI=1S/C29H22N2O2/c1-32-21-11-7-19(8-12-21)29(20-9-13-22(33-2)14-10-20)25-17-30-16-15-23(25)28-24-5-3-4-6-27(24)31-18-26(28)29/h3-18H,1-2H3. The highest BCUT2D eigenvalue weighted by Crippen LogP contribution is 2.57. The van der Waals surface area contributed by atoms with Gasteiger partial charge in [-0.25, -0.2) is 0 Å². The molecule has 0 saturated carbocycles. The number of nitrogens with zero attached hydrogens (tertiary/aromatic N) is 2. The number of hydrogen-bond donors (Lipinski definition) is 0. The van der Waals surface area contributed by atoms with Crippen molar-refractivity contribution < 1.29 is 9.47 Å². The fourth-order valence-corrected chi connectivity index (χ4v) is 5.24. The Bertz CT molecular complexity index is 1430. The van der Waals surface area contributed by atoms with Gasteiger partial charge in [0.15, 0.2) is 0 Å². The van der Waals surface area contributed by atoms with Crippen LogP contribution in [0.2, 0.25) is 0 Å². The smallest absolute Gasteiger partial charge is 0.118 e. The van der Waals surface area contributed by atoms with Crippen LogP contribution >= 0.6 is 0 Å². The first-order chi connectivity index (χ1) is 16.3. The Morgan fingerprint density at radius 1 is 0.667 bits per heavy atom. The number of hydrogen-bond acceptors (Lipinski definition) is 4. The Morgan fingerprint density at radius 2 is 1.30 bits per heavy atom. The molecular formula is C29H22N2O2. The molecule has 0 atom stereocenters. The van der Waals surface area contributed by atoms with Crippen molar-refractivity contribution >= 4 is 10.9 Å². The fourth-order valence-electron chi connectivity index (χ4n) is 5.24. The molecule has 3 aromatic carbocycles. The van der Waals surface area contributed by atoms with Crippen LogP contribution in [-0.4, -0.2) is 24.2 Å². The van der Waals surface area contributed by atoms with E-state index >= 15 is 0 Å². The van der Waals surface area contributed by atoms with Gasteiger partial charge in [-0.1, -0.05) is 42.5 Å². The Morgan fingerprint density at radius 3 is 1.94 bits per heavy atom. The van der Waals surface area contributed by atoms with Crippen LogP contribution in [0.1, 0.15) is 22.3 Å². The summed E-state index contributed by atoms with van der Waals surface area (Å²) in [7, 11) is 3.38. The second kappa shape index (κ2) is 7.45. The second-order valence-electron chi connectivity index (χ2n) is 8.19. The molecule has 6 rings (SSSR count). The van der Waals surface area contributed by atoms with Gasteiger partial charge < -0.3 is 9.47 Å². The van der Waals surface area contributed by atoms with Crippen molar-refractivity contribution in [3.63, 3.8) is 0 Å². The van der Waals surface area contributed by atoms with Crippen molar-refractivity contribution in [2.24, 2.45) is 0 Å². The minimum Gasteiger partial charge on any atom is -0.497 e. The zero-order valence-electron chi connectivity index (χ0n) is 18.4. The van der Waals surface area contributed by atoms with Gasteiger partial charge in [-0.05, 0) is 69.8 Å². The van der Waals surface area contributed by atoms with Gasteiger partial charge in [0.25, 0.3) is 0 Å². The third kappa shape index (κ3) is 2.70. The van der Waals surface area contributed by atoms with Crippen LogP contribution in [0.4, 0.5) is 0 Å². The molecule has 160 valence electrons. The van der Waals surface area contributed by atoms with E-state index in [0.29, 0.717) is 0 Å². The lowest BCUT2D eigenvalue weighted by Gasteiger charge is -2.33. The molecule has 1 aliphatic carbocycles. The van der Waals surface area contributed by atoms with E-state index in [0.717, 1.165) is 44.7 Å². The number of ether oxygens (including phenoxy) is 2. The minimum absolute atomic E-state index is 0.561. The Kier molecular flexibility index (Phi) is 4.40. The molecule has 0 fully saturated rings. The zero-order chi connectivity index (χ0) is 22.4. The maximum Gasteiger partial charge on any atom is 0.118 e. The lowest BCUT2D eigenvalue weighted by atomic mass is 9.68. The van der Waals surface area contributed by atoms with Crippen molar-refractivity contribution in [3.8, 4) is 22.6 Å². The lowest BCUT2D eigenvalue weighted by molar-refractivity contribution is 0.414. The first-order valence-corrected chi connectivity index (χ1v) is 10.9. The summed E-state index contributed by atoms with van der Waals surface area (Å²) in [6.07, 6.45) is 5.90. The minimum atomic E-state index is -0.561. The monoisotopic (exact) mass is 430 g/mol. The number of rotatable bonds is 4. The predicted octanol–water partition coefficient (Wildman–Crippen LogP) is 6.01. The van der Waals surface area contributed by atoms with Gasteiger partial charge >= 0.3 is 0 Å². The Balaban J connectivity index is 1.77. The van der Waals surface area contributed by atoms with Crippen molar-refractivity contribution in [1.82, 2.24) is 9.97 Å². The Labute approximate surface area is 192 Å². The molecule has 0 radical (unpaired) electrons. The molecular weight excluding hydrogens is 408 g/mol. The molecule has 33 heavy (non-hydrogen) atoms. The number of pyridine rings is 2. The molecule has 0 aliphatic heterocycles. The highest BCUT2D eigenvalue weighted by molar-refractivity contribution is 6.02. The van der Waals surface area contributed by atoms with Gasteiger partial charge in [0, 0.05) is 24.0 Å². The van der Waals surface area contributed by atoms with Crippen LogP contribution in [-0.2, 0) is 5.41 Å². The maximum absolute atomic E-state index is 5.46. The van der Waals surface area contributed by atoms with Crippen LogP contribution in [0.5, 0.6) is 11.5 Å². The number of para-hydroxylation sites is 1. The lowest BCUT2D eigenvalue weighted by Crippen LogP contribution is -2.28. The van der Waals surface area contributed by atoms with E-state index in [-0.39, 0.29) is 0 Å². The van der Waals surface area contributed by atoms with E-state index in [2.05, 4.69) is 53.5 Å². The van der Waals surface area contributed by atoms with E-state index in [9.17, 15) is 0 Å². The molecule has 0 bridgehead atoms. The number of aromatic nitrogens is 2. The quantitative estimate of drug-likeness (QED) is 0.344. The van der Waals surface area contributed by atoms with Gasteiger partial charge in [-0.3, -0.25) is 9.97 Å². The van der Waals surface area contributed by atoms with Crippen molar-refractivity contribution in [2.75, 3.05) is 14.2 Å². The van der Waals surface area contributed by atoms with Crippen LogP contribution in [0.15, 0.2) is 97.5 Å². The summed E-state index contributed by atoms with van der Waals surface area (Å²) in [5.41, 5.74) is 7.40. The molecule has 0 amide bonds. The Hall–Kier alpha value is -4.18. The molecule has 0 saturated heterocycles. The molecule has 0 spiro atoms. The highest BCUT2D eigenvalue weighted by atomic mass is 16.5. The van der Waals surface area contributed by atoms with Gasteiger partial charge in [0.2, 0.25) is 0 Å². The van der Waals surface area contributed by atoms with Crippen LogP contribution in [0, 0.1) is 0 Å². The summed E-state index contributed by atoms with van der Waals surface area (Å²) in [5.74, 6) is 1.65. The average molecular weight is 431 g/mol. The molecule has 1 aliphatic rings. The topological polar surface area (TPSA) is 44.2 Å². The first kappa shape index (κ1) is 19.5. The molecule has 5 aromatic rings. The van der Waals surface area contributed by atoms with E-state index in [1.807, 2.05) is 48.9 Å². The molecule has 0 N–H and O–H groups in total. The molecule has 2 aromatic heterocycles. The summed E-state index contributed by atoms with van der Waals surface area (Å²) in [6.45, 7) is 0. The van der Waals surface area contributed by atoms with Gasteiger partial charge in [0.05, 0.1) is 25.2 Å². The number of benzene rings is 3. The third-order valence-corrected chi connectivity index (χ3v) is 6.72. The van der Waals surface area contributed by atoms with Crippen LogP contribution in [0.25, 0.3) is 22.0 Å². The van der Waals surface area contributed by atoms with Crippen LogP contribution in [0.3, 0.4) is 0 Å². The van der Waals surface area contributed by atoms with Gasteiger partial charge in [-0.15, -0.1) is 0 Å². The molecule has 4 nitrogen and oxygen atoms in total. The second-order valence-corrected chi connectivity index (χ2v) is 8.19. The SMILES string of the molecule is COc1ccc(C2(c3ccc(OC)cc3)c3cnccc3-c3c2cnc2ccccc32)cc1. The number of methoxy groups -OCH3 is 2. The van der Waals surface area contributed by atoms with E-state index in [1.54, 1.807) is 14.2 Å². The summed E-state index contributed by atoms with van der Waals surface area (Å²) in [4.78, 5) is 9.44. The third-order valence-electron chi connectivity index (χ3n) is 6.72. The van der Waals surface area contributed by atoms with Crippen LogP contribution < -0.4 is 9.47 Å². The summed E-state index contributed by atoms with van der Waals surface area (Å²) in [6, 6.07) is 27.1. The normalized spacial score (nSPS) is 13.4. The zero-order valence-corrected chi connectivity index (χ0v) is 18.4. The average Bonchev–Trinajstić information content (AvgIpc) is 3.20. The summed E-state index contributed by atoms with van der Waals surface area (Å²) >= 11 is 0. The molecule has 0 unspecified atom stereocenters. The van der Waals surface area contributed by atoms with E-state index < -0.39 is 5.41 Å².